The van der Waals surface area contributed by atoms with Crippen LogP contribution in [0.1, 0.15) is 30.9 Å². The van der Waals surface area contributed by atoms with Crippen LogP contribution in [-0.2, 0) is 11.2 Å². The van der Waals surface area contributed by atoms with Crippen molar-refractivity contribution >= 4 is 11.6 Å². The van der Waals surface area contributed by atoms with Gasteiger partial charge < -0.3 is 9.64 Å². The topological polar surface area (TPSA) is 29.5 Å². The summed E-state index contributed by atoms with van der Waals surface area (Å²) in [4.78, 5) is 14.5. The number of amides is 1. The highest BCUT2D eigenvalue weighted by Gasteiger charge is 2.29. The summed E-state index contributed by atoms with van der Waals surface area (Å²) in [5, 5.41) is 0. The van der Waals surface area contributed by atoms with E-state index >= 15 is 0 Å². The molecule has 2 aromatic rings. The monoisotopic (exact) mass is 309 g/mol. The summed E-state index contributed by atoms with van der Waals surface area (Å²) in [5.41, 5.74) is 3.56. The van der Waals surface area contributed by atoms with E-state index in [0.29, 0.717) is 13.0 Å². The summed E-state index contributed by atoms with van der Waals surface area (Å²) in [7, 11) is 0. The predicted molar refractivity (Wildman–Crippen MR) is 93.0 cm³/mol. The first-order valence-electron chi connectivity index (χ1n) is 8.24. The Morgan fingerprint density at radius 3 is 2.70 bits per heavy atom. The third kappa shape index (κ3) is 3.55. The molecule has 3 heteroatoms. The summed E-state index contributed by atoms with van der Waals surface area (Å²) < 4.78 is 5.70. The molecule has 3 rings (SSSR count). The van der Waals surface area contributed by atoms with Crippen molar-refractivity contribution in [3.8, 4) is 5.75 Å². The summed E-state index contributed by atoms with van der Waals surface area (Å²) in [5.74, 6) is 1.05. The van der Waals surface area contributed by atoms with Gasteiger partial charge in [0.25, 0.3) is 0 Å². The van der Waals surface area contributed by atoms with Crippen molar-refractivity contribution < 1.29 is 9.53 Å². The predicted octanol–water partition coefficient (Wildman–Crippen LogP) is 4.13. The first kappa shape index (κ1) is 15.6. The zero-order chi connectivity index (χ0) is 16.2. The van der Waals surface area contributed by atoms with Crippen molar-refractivity contribution in [1.82, 2.24) is 0 Å². The van der Waals surface area contributed by atoms with Crippen LogP contribution in [0, 0.1) is 6.92 Å². The Bertz CT molecular complexity index is 678. The molecule has 23 heavy (non-hydrogen) atoms. The van der Waals surface area contributed by atoms with Gasteiger partial charge in [0.05, 0.1) is 6.61 Å². The van der Waals surface area contributed by atoms with Crippen LogP contribution in [0.15, 0.2) is 48.5 Å². The minimum atomic E-state index is 0.190. The molecule has 0 fully saturated rings. The Morgan fingerprint density at radius 1 is 1.17 bits per heavy atom. The summed E-state index contributed by atoms with van der Waals surface area (Å²) in [6.07, 6.45) is 2.20. The first-order chi connectivity index (χ1) is 11.1. The molecular weight excluding hydrogens is 286 g/mol. The number of hydrogen-bond donors (Lipinski definition) is 0. The highest BCUT2D eigenvalue weighted by Crippen LogP contribution is 2.32. The van der Waals surface area contributed by atoms with Crippen molar-refractivity contribution in [3.63, 3.8) is 0 Å². The second kappa shape index (κ2) is 6.86. The van der Waals surface area contributed by atoms with E-state index in [-0.39, 0.29) is 11.9 Å². The highest BCUT2D eigenvalue weighted by atomic mass is 16.5. The Labute approximate surface area is 137 Å². The van der Waals surface area contributed by atoms with E-state index in [9.17, 15) is 4.79 Å². The van der Waals surface area contributed by atoms with Gasteiger partial charge in [-0.25, -0.2) is 0 Å². The average molecular weight is 309 g/mol. The maximum Gasteiger partial charge on any atom is 0.227 e. The van der Waals surface area contributed by atoms with E-state index in [1.54, 1.807) is 0 Å². The largest absolute Gasteiger partial charge is 0.494 e. The van der Waals surface area contributed by atoms with Gasteiger partial charge in [0, 0.05) is 18.2 Å². The third-order valence-corrected chi connectivity index (χ3v) is 4.30. The van der Waals surface area contributed by atoms with Crippen molar-refractivity contribution in [2.24, 2.45) is 0 Å². The molecule has 2 aromatic carbocycles. The maximum absolute atomic E-state index is 12.5. The van der Waals surface area contributed by atoms with Gasteiger partial charge in [0.1, 0.15) is 5.75 Å². The minimum Gasteiger partial charge on any atom is -0.494 e. The lowest BCUT2D eigenvalue weighted by Crippen LogP contribution is -2.35. The quantitative estimate of drug-likeness (QED) is 0.777. The summed E-state index contributed by atoms with van der Waals surface area (Å²) >= 11 is 0. The normalized spacial score (nSPS) is 16.3. The number of nitrogens with zero attached hydrogens (tertiary/aromatic N) is 1. The van der Waals surface area contributed by atoms with E-state index in [0.717, 1.165) is 24.3 Å². The molecule has 0 aliphatic carbocycles. The lowest BCUT2D eigenvalue weighted by Gasteiger charge is -2.22. The molecule has 0 N–H and O–H groups in total. The molecule has 1 atom stereocenters. The number of fused-ring (bicyclic) bond motifs is 1. The molecule has 0 saturated heterocycles. The van der Waals surface area contributed by atoms with Gasteiger partial charge in [0.15, 0.2) is 0 Å². The van der Waals surface area contributed by atoms with Gasteiger partial charge in [0.2, 0.25) is 5.91 Å². The summed E-state index contributed by atoms with van der Waals surface area (Å²) in [6, 6.07) is 16.4. The highest BCUT2D eigenvalue weighted by molar-refractivity contribution is 5.96. The second-order valence-corrected chi connectivity index (χ2v) is 6.21. The molecule has 120 valence electrons. The standard InChI is InChI=1S/C20H23NO2/c1-15-9-11-18(12-10-15)23-13-5-8-20(22)21-16(2)14-17-6-3-4-7-19(17)21/h3-4,6-7,9-12,16H,5,8,13-14H2,1-2H3/t16-/m0/s1. The van der Waals surface area contributed by atoms with Crippen LogP contribution in [0.25, 0.3) is 0 Å². The molecule has 0 radical (unpaired) electrons. The van der Waals surface area contributed by atoms with Crippen LogP contribution in [0.4, 0.5) is 5.69 Å². The number of benzene rings is 2. The van der Waals surface area contributed by atoms with Gasteiger partial charge in [-0.05, 0) is 50.5 Å². The van der Waals surface area contributed by atoms with Crippen LogP contribution in [-0.4, -0.2) is 18.6 Å². The second-order valence-electron chi connectivity index (χ2n) is 6.21. The molecule has 0 unspecified atom stereocenters. The number of ether oxygens (including phenoxy) is 1. The van der Waals surface area contributed by atoms with Gasteiger partial charge in [-0.3, -0.25) is 4.79 Å². The van der Waals surface area contributed by atoms with E-state index in [4.69, 9.17) is 4.74 Å². The van der Waals surface area contributed by atoms with E-state index < -0.39 is 0 Å². The zero-order valence-corrected chi connectivity index (χ0v) is 13.8. The SMILES string of the molecule is Cc1ccc(OCCCC(=O)N2c3ccccc3C[C@@H]2C)cc1. The maximum atomic E-state index is 12.5. The molecule has 1 amide bonds. The fourth-order valence-corrected chi connectivity index (χ4v) is 3.11. The third-order valence-electron chi connectivity index (χ3n) is 4.30. The number of rotatable bonds is 5. The molecule has 1 aliphatic rings. The van der Waals surface area contributed by atoms with Crippen molar-refractivity contribution in [2.45, 2.75) is 39.2 Å². The number of aryl methyl sites for hydroxylation is 1. The molecule has 1 aliphatic heterocycles. The smallest absolute Gasteiger partial charge is 0.227 e. The molecular formula is C20H23NO2. The van der Waals surface area contributed by atoms with Gasteiger partial charge in [-0.2, -0.15) is 0 Å². The van der Waals surface area contributed by atoms with E-state index in [2.05, 4.69) is 19.9 Å². The molecule has 1 heterocycles. The number of anilines is 1. The zero-order valence-electron chi connectivity index (χ0n) is 13.8. The minimum absolute atomic E-state index is 0.190. The van der Waals surface area contributed by atoms with Gasteiger partial charge >= 0.3 is 0 Å². The Balaban J connectivity index is 1.51. The van der Waals surface area contributed by atoms with Gasteiger partial charge in [-0.1, -0.05) is 35.9 Å². The molecule has 0 aromatic heterocycles. The number of carbonyl (C=O) groups excluding carboxylic acids is 1. The Morgan fingerprint density at radius 2 is 1.91 bits per heavy atom. The van der Waals surface area contributed by atoms with Crippen molar-refractivity contribution in [2.75, 3.05) is 11.5 Å². The first-order valence-corrected chi connectivity index (χ1v) is 8.24. The van der Waals surface area contributed by atoms with Gasteiger partial charge in [-0.15, -0.1) is 0 Å². The Kier molecular flexibility index (Phi) is 4.65. The lowest BCUT2D eigenvalue weighted by molar-refractivity contribution is -0.119. The van der Waals surface area contributed by atoms with Crippen molar-refractivity contribution in [3.05, 3.63) is 59.7 Å². The average Bonchev–Trinajstić information content (AvgIpc) is 2.89. The van der Waals surface area contributed by atoms with Crippen LogP contribution in [0.3, 0.4) is 0 Å². The Hall–Kier alpha value is -2.29. The molecule has 0 saturated carbocycles. The van der Waals surface area contributed by atoms with Crippen LogP contribution in [0.5, 0.6) is 5.75 Å². The molecule has 3 nitrogen and oxygen atoms in total. The van der Waals surface area contributed by atoms with Crippen LogP contribution >= 0.6 is 0 Å². The van der Waals surface area contributed by atoms with E-state index in [1.807, 2.05) is 47.4 Å². The van der Waals surface area contributed by atoms with E-state index in [1.165, 1.54) is 11.1 Å². The lowest BCUT2D eigenvalue weighted by atomic mass is 10.1. The summed E-state index contributed by atoms with van der Waals surface area (Å²) in [6.45, 7) is 4.73. The fourth-order valence-electron chi connectivity index (χ4n) is 3.11. The van der Waals surface area contributed by atoms with Crippen LogP contribution in [0.2, 0.25) is 0 Å². The van der Waals surface area contributed by atoms with Crippen LogP contribution < -0.4 is 9.64 Å². The van der Waals surface area contributed by atoms with Crippen molar-refractivity contribution in [1.29, 1.82) is 0 Å². The number of para-hydroxylation sites is 1. The fraction of sp³-hybridized carbons (Fsp3) is 0.350. The number of hydrogen-bond acceptors (Lipinski definition) is 2. The number of carbonyl (C=O) groups is 1. The molecule has 0 bridgehead atoms. The molecule has 0 spiro atoms.